The molecule has 1 aromatic carbocycles. The molecule has 0 aliphatic rings. The number of anilines is 1. The van der Waals surface area contributed by atoms with Crippen LogP contribution in [0.2, 0.25) is 5.28 Å². The van der Waals surface area contributed by atoms with Gasteiger partial charge in [0.25, 0.3) is 0 Å². The Morgan fingerprint density at radius 2 is 2.20 bits per heavy atom. The van der Waals surface area contributed by atoms with Gasteiger partial charge in [-0.3, -0.25) is 0 Å². The molecule has 0 aliphatic carbocycles. The van der Waals surface area contributed by atoms with Crippen molar-refractivity contribution < 1.29 is 0 Å². The number of rotatable bonds is 3. The highest BCUT2D eigenvalue weighted by atomic mass is 79.9. The van der Waals surface area contributed by atoms with Gasteiger partial charge in [0.15, 0.2) is 17.0 Å². The Bertz CT molecular complexity index is 771. The van der Waals surface area contributed by atoms with Crippen LogP contribution in [0.5, 0.6) is 0 Å². The molecule has 0 spiro atoms. The number of imidazole rings is 1. The predicted octanol–water partition coefficient (Wildman–Crippen LogP) is 3.39. The van der Waals surface area contributed by atoms with E-state index in [1.165, 1.54) is 0 Å². The summed E-state index contributed by atoms with van der Waals surface area (Å²) >= 11 is 9.40. The molecular weight excluding hydrogens is 342 g/mol. The molecule has 3 rings (SSSR count). The van der Waals surface area contributed by atoms with Crippen LogP contribution < -0.4 is 5.32 Å². The van der Waals surface area contributed by atoms with Crippen LogP contribution in [0, 0.1) is 0 Å². The molecule has 0 radical (unpaired) electrons. The van der Waals surface area contributed by atoms with E-state index in [2.05, 4.69) is 36.2 Å². The Kier molecular flexibility index (Phi) is 3.58. The van der Waals surface area contributed by atoms with Gasteiger partial charge in [-0.25, -0.2) is 4.98 Å². The van der Waals surface area contributed by atoms with E-state index in [0.29, 0.717) is 23.5 Å². The van der Waals surface area contributed by atoms with Crippen molar-refractivity contribution in [1.29, 1.82) is 0 Å². The van der Waals surface area contributed by atoms with E-state index in [1.807, 2.05) is 35.9 Å². The molecule has 2 heterocycles. The normalized spacial score (nSPS) is 10.9. The molecule has 2 aromatic heterocycles. The van der Waals surface area contributed by atoms with E-state index in [4.69, 9.17) is 11.6 Å². The van der Waals surface area contributed by atoms with Crippen molar-refractivity contribution in [3.8, 4) is 0 Å². The summed E-state index contributed by atoms with van der Waals surface area (Å²) in [6.07, 6.45) is 1.69. The molecule has 0 amide bonds. The van der Waals surface area contributed by atoms with Crippen molar-refractivity contribution >= 4 is 44.5 Å². The molecule has 102 valence electrons. The average Bonchev–Trinajstić information content (AvgIpc) is 2.78. The number of benzene rings is 1. The van der Waals surface area contributed by atoms with Gasteiger partial charge in [-0.2, -0.15) is 9.97 Å². The van der Waals surface area contributed by atoms with Crippen molar-refractivity contribution in [2.45, 2.75) is 6.54 Å². The summed E-state index contributed by atoms with van der Waals surface area (Å²) in [5.41, 5.74) is 2.56. The first kappa shape index (κ1) is 13.3. The number of fused-ring (bicyclic) bond motifs is 1. The van der Waals surface area contributed by atoms with Crippen LogP contribution in [0.3, 0.4) is 0 Å². The summed E-state index contributed by atoms with van der Waals surface area (Å²) in [6, 6.07) is 8.06. The summed E-state index contributed by atoms with van der Waals surface area (Å²) < 4.78 is 2.85. The van der Waals surface area contributed by atoms with E-state index in [0.717, 1.165) is 10.0 Å². The van der Waals surface area contributed by atoms with E-state index in [1.54, 1.807) is 6.33 Å². The SMILES string of the molecule is Cn1cnc2c(NCc3cccc(Br)c3)nc(Cl)nc21. The van der Waals surface area contributed by atoms with Crippen molar-refractivity contribution in [2.24, 2.45) is 7.05 Å². The van der Waals surface area contributed by atoms with Crippen molar-refractivity contribution in [1.82, 2.24) is 19.5 Å². The Hall–Kier alpha value is -1.66. The van der Waals surface area contributed by atoms with Gasteiger partial charge in [-0.15, -0.1) is 0 Å². The summed E-state index contributed by atoms with van der Waals surface area (Å²) in [5, 5.41) is 3.46. The van der Waals surface area contributed by atoms with Gasteiger partial charge in [0.05, 0.1) is 6.33 Å². The van der Waals surface area contributed by atoms with Gasteiger partial charge < -0.3 is 9.88 Å². The Balaban J connectivity index is 1.91. The lowest BCUT2D eigenvalue weighted by molar-refractivity contribution is 0.928. The van der Waals surface area contributed by atoms with Crippen molar-refractivity contribution in [3.63, 3.8) is 0 Å². The van der Waals surface area contributed by atoms with Gasteiger partial charge in [0.2, 0.25) is 5.28 Å². The predicted molar refractivity (Wildman–Crippen MR) is 82.8 cm³/mol. The molecule has 20 heavy (non-hydrogen) atoms. The van der Waals surface area contributed by atoms with Crippen LogP contribution in [0.1, 0.15) is 5.56 Å². The standard InChI is InChI=1S/C13H11BrClN5/c1-20-7-17-10-11(18-13(15)19-12(10)20)16-6-8-3-2-4-9(14)5-8/h2-5,7H,6H2,1H3,(H,16,18,19). The zero-order valence-electron chi connectivity index (χ0n) is 10.6. The average molecular weight is 353 g/mol. The summed E-state index contributed by atoms with van der Waals surface area (Å²) in [6.45, 7) is 0.637. The molecule has 3 aromatic rings. The fourth-order valence-corrected chi connectivity index (χ4v) is 2.55. The molecule has 0 aliphatic heterocycles. The van der Waals surface area contributed by atoms with Gasteiger partial charge in [-0.1, -0.05) is 28.1 Å². The number of hydrogen-bond donors (Lipinski definition) is 1. The topological polar surface area (TPSA) is 55.6 Å². The third-order valence-corrected chi connectivity index (χ3v) is 3.54. The maximum atomic E-state index is 5.95. The van der Waals surface area contributed by atoms with Crippen LogP contribution in [0.4, 0.5) is 5.82 Å². The van der Waals surface area contributed by atoms with Gasteiger partial charge in [0.1, 0.15) is 0 Å². The quantitative estimate of drug-likeness (QED) is 0.734. The Morgan fingerprint density at radius 3 is 3.00 bits per heavy atom. The van der Waals surface area contributed by atoms with E-state index in [9.17, 15) is 0 Å². The minimum absolute atomic E-state index is 0.206. The smallest absolute Gasteiger partial charge is 0.226 e. The number of hydrogen-bond acceptors (Lipinski definition) is 4. The van der Waals surface area contributed by atoms with Crippen LogP contribution >= 0.6 is 27.5 Å². The van der Waals surface area contributed by atoms with Crippen molar-refractivity contribution in [2.75, 3.05) is 5.32 Å². The van der Waals surface area contributed by atoms with Crippen LogP contribution in [0.25, 0.3) is 11.2 Å². The number of aromatic nitrogens is 4. The van der Waals surface area contributed by atoms with Crippen molar-refractivity contribution in [3.05, 3.63) is 45.9 Å². The largest absolute Gasteiger partial charge is 0.364 e. The fourth-order valence-electron chi connectivity index (χ4n) is 1.94. The second-order valence-corrected chi connectivity index (χ2v) is 5.61. The lowest BCUT2D eigenvalue weighted by atomic mass is 10.2. The summed E-state index contributed by atoms with van der Waals surface area (Å²) in [7, 11) is 1.87. The second-order valence-electron chi connectivity index (χ2n) is 4.35. The Morgan fingerprint density at radius 1 is 1.35 bits per heavy atom. The number of halogens is 2. The molecule has 0 atom stereocenters. The lowest BCUT2D eigenvalue weighted by Gasteiger charge is -2.07. The lowest BCUT2D eigenvalue weighted by Crippen LogP contribution is -2.03. The summed E-state index contributed by atoms with van der Waals surface area (Å²) in [4.78, 5) is 12.7. The first-order chi connectivity index (χ1) is 9.63. The molecule has 1 N–H and O–H groups in total. The zero-order valence-corrected chi connectivity index (χ0v) is 13.0. The van der Waals surface area contributed by atoms with E-state index < -0.39 is 0 Å². The molecule has 7 heteroatoms. The maximum Gasteiger partial charge on any atom is 0.226 e. The third kappa shape index (κ3) is 2.62. The molecule has 0 saturated heterocycles. The fraction of sp³-hybridized carbons (Fsp3) is 0.154. The highest BCUT2D eigenvalue weighted by Crippen LogP contribution is 2.21. The van der Waals surface area contributed by atoms with Crippen LogP contribution in [-0.4, -0.2) is 19.5 Å². The minimum Gasteiger partial charge on any atom is -0.364 e. The molecule has 0 saturated carbocycles. The van der Waals surface area contributed by atoms with E-state index in [-0.39, 0.29) is 5.28 Å². The van der Waals surface area contributed by atoms with Gasteiger partial charge in [0, 0.05) is 18.1 Å². The number of nitrogens with one attached hydrogen (secondary N) is 1. The first-order valence-electron chi connectivity index (χ1n) is 5.96. The molecule has 5 nitrogen and oxygen atoms in total. The zero-order chi connectivity index (χ0) is 14.1. The second kappa shape index (κ2) is 5.38. The first-order valence-corrected chi connectivity index (χ1v) is 7.13. The number of nitrogens with zero attached hydrogens (tertiary/aromatic N) is 4. The Labute approximate surface area is 129 Å². The number of aryl methyl sites for hydroxylation is 1. The van der Waals surface area contributed by atoms with E-state index >= 15 is 0 Å². The molecule has 0 unspecified atom stereocenters. The maximum absolute atomic E-state index is 5.95. The highest BCUT2D eigenvalue weighted by molar-refractivity contribution is 9.10. The molecule has 0 fully saturated rings. The summed E-state index contributed by atoms with van der Waals surface area (Å²) in [5.74, 6) is 0.639. The highest BCUT2D eigenvalue weighted by Gasteiger charge is 2.10. The van der Waals surface area contributed by atoms with Crippen LogP contribution in [-0.2, 0) is 13.6 Å². The third-order valence-electron chi connectivity index (χ3n) is 2.88. The van der Waals surface area contributed by atoms with Crippen LogP contribution in [0.15, 0.2) is 35.1 Å². The van der Waals surface area contributed by atoms with Gasteiger partial charge >= 0.3 is 0 Å². The minimum atomic E-state index is 0.206. The molecule has 0 bridgehead atoms. The monoisotopic (exact) mass is 351 g/mol. The molecular formula is C13H11BrClN5. The van der Waals surface area contributed by atoms with Gasteiger partial charge in [-0.05, 0) is 29.3 Å².